The molecule has 1 fully saturated rings. The molecule has 0 unspecified atom stereocenters. The Kier molecular flexibility index (Phi) is 4.43. The standard InChI is InChI=1S/C18H13N3O6/c1-10-5-7-12(8-6-10)20-17(24)13(16(23)19-18(20)25)9-11-3-2-4-14(15(11)22)21(26)27/h2-9,22H,1H3,(H,19,23,25)/b13-9+. The van der Waals surface area contributed by atoms with E-state index in [1.165, 1.54) is 12.1 Å². The monoisotopic (exact) mass is 367 g/mol. The van der Waals surface area contributed by atoms with Crippen LogP contribution in [0, 0.1) is 17.0 Å². The highest BCUT2D eigenvalue weighted by molar-refractivity contribution is 6.39. The molecule has 9 nitrogen and oxygen atoms in total. The molecule has 0 radical (unpaired) electrons. The normalized spacial score (nSPS) is 15.8. The minimum atomic E-state index is -0.959. The van der Waals surface area contributed by atoms with E-state index in [2.05, 4.69) is 0 Å². The highest BCUT2D eigenvalue weighted by atomic mass is 16.6. The molecule has 1 saturated heterocycles. The second kappa shape index (κ2) is 6.71. The maximum absolute atomic E-state index is 12.7. The van der Waals surface area contributed by atoms with Gasteiger partial charge in [0.15, 0.2) is 0 Å². The number of anilines is 1. The van der Waals surface area contributed by atoms with Crippen LogP contribution in [0.15, 0.2) is 48.0 Å². The van der Waals surface area contributed by atoms with Crippen molar-refractivity contribution in [3.63, 3.8) is 0 Å². The van der Waals surface area contributed by atoms with Gasteiger partial charge in [0, 0.05) is 11.6 Å². The maximum Gasteiger partial charge on any atom is 0.335 e. The van der Waals surface area contributed by atoms with E-state index in [1.807, 2.05) is 12.2 Å². The number of nitrogens with zero attached hydrogens (tertiary/aromatic N) is 2. The summed E-state index contributed by atoms with van der Waals surface area (Å²) in [5.74, 6) is -2.55. The first-order valence-corrected chi connectivity index (χ1v) is 7.74. The molecule has 0 atom stereocenters. The number of amides is 4. The number of imide groups is 2. The average molecular weight is 367 g/mol. The quantitative estimate of drug-likeness (QED) is 0.370. The zero-order valence-electron chi connectivity index (χ0n) is 14.0. The molecule has 2 N–H and O–H groups in total. The summed E-state index contributed by atoms with van der Waals surface area (Å²) in [6.07, 6.45) is 1.01. The molecule has 4 amide bonds. The van der Waals surface area contributed by atoms with Crippen LogP contribution in [-0.4, -0.2) is 27.9 Å². The number of hydrogen-bond donors (Lipinski definition) is 2. The number of nitro groups is 1. The number of hydrogen-bond acceptors (Lipinski definition) is 6. The molecule has 0 aliphatic carbocycles. The van der Waals surface area contributed by atoms with E-state index in [0.29, 0.717) is 0 Å². The summed E-state index contributed by atoms with van der Waals surface area (Å²) in [5.41, 5.74) is 0.0631. The Bertz CT molecular complexity index is 1010. The Labute approximate surface area is 152 Å². The molecule has 136 valence electrons. The van der Waals surface area contributed by atoms with Gasteiger partial charge in [-0.15, -0.1) is 0 Å². The van der Waals surface area contributed by atoms with Crippen LogP contribution in [0.5, 0.6) is 5.75 Å². The lowest BCUT2D eigenvalue weighted by Gasteiger charge is -2.26. The van der Waals surface area contributed by atoms with Crippen molar-refractivity contribution in [2.45, 2.75) is 6.92 Å². The number of para-hydroxylation sites is 1. The maximum atomic E-state index is 12.7. The molecule has 0 bridgehead atoms. The number of aryl methyl sites for hydroxylation is 1. The van der Waals surface area contributed by atoms with Crippen molar-refractivity contribution in [3.8, 4) is 5.75 Å². The first kappa shape index (κ1) is 17.8. The fourth-order valence-corrected chi connectivity index (χ4v) is 2.55. The number of nitro benzene ring substituents is 1. The van der Waals surface area contributed by atoms with Gasteiger partial charge in [0.05, 0.1) is 10.6 Å². The summed E-state index contributed by atoms with van der Waals surface area (Å²) in [5, 5.41) is 23.0. The first-order chi connectivity index (χ1) is 12.8. The van der Waals surface area contributed by atoms with Gasteiger partial charge in [0.25, 0.3) is 11.8 Å². The molecular formula is C18H13N3O6. The van der Waals surface area contributed by atoms with Gasteiger partial charge in [-0.25, -0.2) is 9.69 Å². The molecular weight excluding hydrogens is 354 g/mol. The highest BCUT2D eigenvalue weighted by Crippen LogP contribution is 2.31. The summed E-state index contributed by atoms with van der Waals surface area (Å²) < 4.78 is 0. The van der Waals surface area contributed by atoms with Crippen LogP contribution in [0.2, 0.25) is 0 Å². The van der Waals surface area contributed by atoms with E-state index in [-0.39, 0.29) is 11.3 Å². The molecule has 2 aromatic carbocycles. The third-order valence-electron chi connectivity index (χ3n) is 3.94. The van der Waals surface area contributed by atoms with E-state index in [0.717, 1.165) is 22.6 Å². The largest absolute Gasteiger partial charge is 0.502 e. The summed E-state index contributed by atoms with van der Waals surface area (Å²) in [6, 6.07) is 9.28. The number of rotatable bonds is 3. The second-order valence-electron chi connectivity index (χ2n) is 5.77. The first-order valence-electron chi connectivity index (χ1n) is 7.74. The fraction of sp³-hybridized carbons (Fsp3) is 0.0556. The van der Waals surface area contributed by atoms with Crippen LogP contribution in [-0.2, 0) is 9.59 Å². The number of barbiturate groups is 1. The van der Waals surface area contributed by atoms with E-state index < -0.39 is 39.8 Å². The Hall–Kier alpha value is -4.01. The van der Waals surface area contributed by atoms with Gasteiger partial charge in [0.1, 0.15) is 5.57 Å². The molecule has 1 aliphatic rings. The number of carbonyl (C=O) groups excluding carboxylic acids is 3. The molecule has 0 aromatic heterocycles. The van der Waals surface area contributed by atoms with Gasteiger partial charge in [-0.1, -0.05) is 29.8 Å². The predicted molar refractivity (Wildman–Crippen MR) is 94.9 cm³/mol. The third-order valence-corrected chi connectivity index (χ3v) is 3.94. The Morgan fingerprint density at radius 2 is 1.78 bits per heavy atom. The van der Waals surface area contributed by atoms with Crippen molar-refractivity contribution < 1.29 is 24.4 Å². The lowest BCUT2D eigenvalue weighted by atomic mass is 10.1. The van der Waals surface area contributed by atoms with E-state index >= 15 is 0 Å². The van der Waals surface area contributed by atoms with Crippen LogP contribution >= 0.6 is 0 Å². The Morgan fingerprint density at radius 3 is 2.41 bits per heavy atom. The lowest BCUT2D eigenvalue weighted by Crippen LogP contribution is -2.54. The van der Waals surface area contributed by atoms with Crippen molar-refractivity contribution in [3.05, 3.63) is 69.3 Å². The lowest BCUT2D eigenvalue weighted by molar-refractivity contribution is -0.385. The van der Waals surface area contributed by atoms with E-state index in [9.17, 15) is 29.6 Å². The molecule has 0 saturated carbocycles. The summed E-state index contributed by atoms with van der Waals surface area (Å²) in [7, 11) is 0. The second-order valence-corrected chi connectivity index (χ2v) is 5.77. The fourth-order valence-electron chi connectivity index (χ4n) is 2.55. The van der Waals surface area contributed by atoms with Crippen LogP contribution in [0.1, 0.15) is 11.1 Å². The van der Waals surface area contributed by atoms with Crippen molar-refractivity contribution in [1.29, 1.82) is 0 Å². The van der Waals surface area contributed by atoms with Crippen molar-refractivity contribution >= 4 is 35.3 Å². The van der Waals surface area contributed by atoms with Gasteiger partial charge in [-0.05, 0) is 25.1 Å². The number of phenolic OH excluding ortho intramolecular Hbond substituents is 1. The summed E-state index contributed by atoms with van der Waals surface area (Å²) in [6.45, 7) is 1.84. The molecule has 9 heteroatoms. The average Bonchev–Trinajstić information content (AvgIpc) is 2.61. The van der Waals surface area contributed by atoms with Crippen LogP contribution in [0.25, 0.3) is 6.08 Å². The van der Waals surface area contributed by atoms with Gasteiger partial charge >= 0.3 is 11.7 Å². The number of carbonyl (C=O) groups is 3. The van der Waals surface area contributed by atoms with Gasteiger partial charge < -0.3 is 5.11 Å². The molecule has 2 aromatic rings. The number of phenols is 1. The summed E-state index contributed by atoms with van der Waals surface area (Å²) >= 11 is 0. The molecule has 27 heavy (non-hydrogen) atoms. The number of nitrogens with one attached hydrogen (secondary N) is 1. The van der Waals surface area contributed by atoms with E-state index in [1.54, 1.807) is 24.3 Å². The molecule has 3 rings (SSSR count). The highest BCUT2D eigenvalue weighted by Gasteiger charge is 2.37. The van der Waals surface area contributed by atoms with Gasteiger partial charge in [-0.3, -0.25) is 25.0 Å². The number of aromatic hydroxyl groups is 1. The zero-order chi connectivity index (χ0) is 19.7. The Morgan fingerprint density at radius 1 is 1.11 bits per heavy atom. The van der Waals surface area contributed by atoms with Crippen molar-refractivity contribution in [1.82, 2.24) is 5.32 Å². The van der Waals surface area contributed by atoms with Crippen molar-refractivity contribution in [2.24, 2.45) is 0 Å². The van der Waals surface area contributed by atoms with Crippen molar-refractivity contribution in [2.75, 3.05) is 4.90 Å². The molecule has 1 heterocycles. The van der Waals surface area contributed by atoms with E-state index in [4.69, 9.17) is 0 Å². The number of urea groups is 1. The Balaban J connectivity index is 2.06. The SMILES string of the molecule is Cc1ccc(N2C(=O)NC(=O)/C(=C\c3cccc([N+](=O)[O-])c3O)C2=O)cc1. The van der Waals surface area contributed by atoms with Crippen LogP contribution in [0.3, 0.4) is 0 Å². The van der Waals surface area contributed by atoms with Gasteiger partial charge in [-0.2, -0.15) is 0 Å². The topological polar surface area (TPSA) is 130 Å². The molecule has 0 spiro atoms. The minimum absolute atomic E-state index is 0.0964. The van der Waals surface area contributed by atoms with Gasteiger partial charge in [0.2, 0.25) is 5.75 Å². The number of benzene rings is 2. The smallest absolute Gasteiger partial charge is 0.335 e. The zero-order valence-corrected chi connectivity index (χ0v) is 14.0. The minimum Gasteiger partial charge on any atom is -0.502 e. The van der Waals surface area contributed by atoms with Crippen LogP contribution < -0.4 is 10.2 Å². The summed E-state index contributed by atoms with van der Waals surface area (Å²) in [4.78, 5) is 47.9. The third kappa shape index (κ3) is 3.25. The molecule has 1 aliphatic heterocycles. The predicted octanol–water partition coefficient (Wildman–Crippen LogP) is 2.28. The van der Waals surface area contributed by atoms with Crippen LogP contribution in [0.4, 0.5) is 16.2 Å².